The molecule has 0 heterocycles. The van der Waals surface area contributed by atoms with E-state index in [0.717, 1.165) is 0 Å². The van der Waals surface area contributed by atoms with Crippen LogP contribution in [-0.2, 0) is 4.79 Å². The highest BCUT2D eigenvalue weighted by molar-refractivity contribution is 5.80. The molecule has 0 radical (unpaired) electrons. The van der Waals surface area contributed by atoms with Crippen LogP contribution >= 0.6 is 0 Å². The molecule has 3 N–H and O–H groups in total. The van der Waals surface area contributed by atoms with Crippen LogP contribution in [0.2, 0.25) is 0 Å². The maximum absolute atomic E-state index is 11.9. The maximum atomic E-state index is 11.9. The molecule has 1 amide bonds. The van der Waals surface area contributed by atoms with Gasteiger partial charge in [-0.1, -0.05) is 13.8 Å². The van der Waals surface area contributed by atoms with Crippen LogP contribution in [0.25, 0.3) is 0 Å². The fourth-order valence-electron chi connectivity index (χ4n) is 1.11. The lowest BCUT2D eigenvalue weighted by Gasteiger charge is -2.13. The molecule has 5 nitrogen and oxygen atoms in total. The number of guanidine groups is 1. The Kier molecular flexibility index (Phi) is 7.94. The van der Waals surface area contributed by atoms with Crippen LogP contribution in [0.3, 0.4) is 0 Å². The third-order valence-corrected chi connectivity index (χ3v) is 2.17. The Morgan fingerprint density at radius 3 is 2.11 bits per heavy atom. The minimum atomic E-state index is -4.18. The third kappa shape index (κ3) is 10.2. The van der Waals surface area contributed by atoms with Crippen LogP contribution in [0.1, 0.15) is 20.3 Å². The summed E-state index contributed by atoms with van der Waals surface area (Å²) in [6.07, 6.45) is -5.10. The molecule has 0 atom stereocenters. The van der Waals surface area contributed by atoms with Gasteiger partial charge in [0.2, 0.25) is 5.91 Å². The Hall–Kier alpha value is -1.47. The van der Waals surface area contributed by atoms with E-state index in [0.29, 0.717) is 13.1 Å². The van der Waals surface area contributed by atoms with Gasteiger partial charge in [0.05, 0.1) is 6.42 Å². The van der Waals surface area contributed by atoms with Crippen molar-refractivity contribution in [2.24, 2.45) is 10.9 Å². The van der Waals surface area contributed by atoms with Gasteiger partial charge in [0.25, 0.3) is 0 Å². The smallest absolute Gasteiger partial charge is 0.356 e. The molecule has 19 heavy (non-hydrogen) atoms. The van der Waals surface area contributed by atoms with Crippen LogP contribution in [0.15, 0.2) is 4.99 Å². The zero-order chi connectivity index (χ0) is 14.9. The second-order valence-electron chi connectivity index (χ2n) is 4.24. The minimum Gasteiger partial charge on any atom is -0.356 e. The lowest BCUT2D eigenvalue weighted by Crippen LogP contribution is -2.42. The number of carbonyl (C=O) groups is 1. The number of nitrogens with one attached hydrogen (secondary N) is 3. The Bertz CT molecular complexity index is 303. The predicted octanol–water partition coefficient (Wildman–Crippen LogP) is 0.876. The summed E-state index contributed by atoms with van der Waals surface area (Å²) in [6.45, 7) is 4.10. The molecule has 0 unspecified atom stereocenters. The van der Waals surface area contributed by atoms with E-state index >= 15 is 0 Å². The largest absolute Gasteiger partial charge is 0.390 e. The van der Waals surface area contributed by atoms with Crippen molar-refractivity contribution >= 4 is 11.9 Å². The highest BCUT2D eigenvalue weighted by atomic mass is 19.4. The van der Waals surface area contributed by atoms with Crippen molar-refractivity contribution in [2.45, 2.75) is 26.4 Å². The van der Waals surface area contributed by atoms with Gasteiger partial charge in [-0.2, -0.15) is 13.2 Å². The lowest BCUT2D eigenvalue weighted by atomic mass is 10.2. The molecule has 0 aromatic rings. The SMILES string of the molecule is CN=C(NCCNC(=O)C(C)C)NCCC(F)(F)F. The summed E-state index contributed by atoms with van der Waals surface area (Å²) < 4.78 is 35.8. The number of carbonyl (C=O) groups excluding carboxylic acids is 1. The minimum absolute atomic E-state index is 0.0678. The van der Waals surface area contributed by atoms with Gasteiger partial charge in [0.15, 0.2) is 5.96 Å². The summed E-state index contributed by atoms with van der Waals surface area (Å²) in [7, 11) is 1.47. The van der Waals surface area contributed by atoms with E-state index in [1.165, 1.54) is 7.05 Å². The van der Waals surface area contributed by atoms with Gasteiger partial charge in [-0.25, -0.2) is 0 Å². The van der Waals surface area contributed by atoms with Crippen molar-refractivity contribution in [1.29, 1.82) is 0 Å². The summed E-state index contributed by atoms with van der Waals surface area (Å²) in [4.78, 5) is 15.0. The van der Waals surface area contributed by atoms with Gasteiger partial charge in [0.1, 0.15) is 0 Å². The average Bonchev–Trinajstić information content (AvgIpc) is 2.30. The predicted molar refractivity (Wildman–Crippen MR) is 67.9 cm³/mol. The van der Waals surface area contributed by atoms with Crippen molar-refractivity contribution in [3.63, 3.8) is 0 Å². The molecule has 0 rings (SSSR count). The summed E-state index contributed by atoms with van der Waals surface area (Å²) in [6, 6.07) is 0. The average molecular weight is 282 g/mol. The number of nitrogens with zero attached hydrogens (tertiary/aromatic N) is 1. The van der Waals surface area contributed by atoms with Gasteiger partial charge in [-0.3, -0.25) is 9.79 Å². The van der Waals surface area contributed by atoms with Crippen molar-refractivity contribution in [1.82, 2.24) is 16.0 Å². The fraction of sp³-hybridized carbons (Fsp3) is 0.818. The van der Waals surface area contributed by atoms with Gasteiger partial charge in [-0.15, -0.1) is 0 Å². The van der Waals surface area contributed by atoms with Gasteiger partial charge < -0.3 is 16.0 Å². The normalized spacial score (nSPS) is 12.5. The van der Waals surface area contributed by atoms with Crippen molar-refractivity contribution in [3.05, 3.63) is 0 Å². The van der Waals surface area contributed by atoms with E-state index in [4.69, 9.17) is 0 Å². The monoisotopic (exact) mass is 282 g/mol. The molecule has 0 saturated carbocycles. The van der Waals surface area contributed by atoms with E-state index in [1.807, 2.05) is 0 Å². The number of rotatable bonds is 6. The number of hydrogen-bond donors (Lipinski definition) is 3. The molecule has 0 fully saturated rings. The topological polar surface area (TPSA) is 65.5 Å². The Balaban J connectivity index is 3.75. The zero-order valence-corrected chi connectivity index (χ0v) is 11.4. The molecule has 0 aromatic carbocycles. The molecular weight excluding hydrogens is 261 g/mol. The van der Waals surface area contributed by atoms with E-state index in [9.17, 15) is 18.0 Å². The molecule has 0 bridgehead atoms. The summed E-state index contributed by atoms with van der Waals surface area (Å²) in [5.41, 5.74) is 0. The van der Waals surface area contributed by atoms with Crippen molar-refractivity contribution < 1.29 is 18.0 Å². The number of alkyl halides is 3. The van der Waals surface area contributed by atoms with Gasteiger partial charge >= 0.3 is 6.18 Å². The molecule has 0 aromatic heterocycles. The standard InChI is InChI=1S/C11H21F3N4O/c1-8(2)9(19)16-6-7-18-10(15-3)17-5-4-11(12,13)14/h8H,4-7H2,1-3H3,(H,16,19)(H2,15,17,18). The van der Waals surface area contributed by atoms with Crippen LogP contribution in [0, 0.1) is 5.92 Å². The van der Waals surface area contributed by atoms with E-state index in [2.05, 4.69) is 20.9 Å². The molecule has 0 aliphatic rings. The van der Waals surface area contributed by atoms with E-state index in [-0.39, 0.29) is 24.3 Å². The lowest BCUT2D eigenvalue weighted by molar-refractivity contribution is -0.132. The van der Waals surface area contributed by atoms with Gasteiger partial charge in [0, 0.05) is 32.6 Å². The highest BCUT2D eigenvalue weighted by Gasteiger charge is 2.26. The van der Waals surface area contributed by atoms with Gasteiger partial charge in [-0.05, 0) is 0 Å². The quantitative estimate of drug-likeness (QED) is 0.385. The number of aliphatic imine (C=N–C) groups is 1. The summed E-state index contributed by atoms with van der Waals surface area (Å²) >= 11 is 0. The fourth-order valence-corrected chi connectivity index (χ4v) is 1.11. The van der Waals surface area contributed by atoms with Crippen LogP contribution in [-0.4, -0.2) is 44.7 Å². The second kappa shape index (κ2) is 8.60. The van der Waals surface area contributed by atoms with E-state index in [1.54, 1.807) is 13.8 Å². The second-order valence-corrected chi connectivity index (χ2v) is 4.24. The Morgan fingerprint density at radius 2 is 1.63 bits per heavy atom. The van der Waals surface area contributed by atoms with Crippen LogP contribution < -0.4 is 16.0 Å². The Morgan fingerprint density at radius 1 is 1.11 bits per heavy atom. The number of hydrogen-bond acceptors (Lipinski definition) is 2. The van der Waals surface area contributed by atoms with Crippen LogP contribution in [0.4, 0.5) is 13.2 Å². The first-order valence-electron chi connectivity index (χ1n) is 6.05. The molecular formula is C11H21F3N4O. The summed E-state index contributed by atoms with van der Waals surface area (Å²) in [5, 5.41) is 8.03. The number of amides is 1. The molecule has 0 saturated heterocycles. The molecule has 112 valence electrons. The molecule has 0 spiro atoms. The van der Waals surface area contributed by atoms with Crippen molar-refractivity contribution in [3.8, 4) is 0 Å². The Labute approximate surface area is 111 Å². The number of halogens is 3. The summed E-state index contributed by atoms with van der Waals surface area (Å²) in [5.74, 6) is 0.120. The first-order chi connectivity index (χ1) is 8.76. The maximum Gasteiger partial charge on any atom is 0.390 e. The zero-order valence-electron chi connectivity index (χ0n) is 11.4. The van der Waals surface area contributed by atoms with Crippen LogP contribution in [0.5, 0.6) is 0 Å². The van der Waals surface area contributed by atoms with Crippen molar-refractivity contribution in [2.75, 3.05) is 26.7 Å². The first-order valence-corrected chi connectivity index (χ1v) is 6.05. The molecule has 0 aliphatic carbocycles. The third-order valence-electron chi connectivity index (χ3n) is 2.17. The van der Waals surface area contributed by atoms with E-state index < -0.39 is 12.6 Å². The molecule has 0 aliphatic heterocycles. The molecule has 8 heteroatoms. The first kappa shape index (κ1) is 17.5. The highest BCUT2D eigenvalue weighted by Crippen LogP contribution is 2.17.